The number of phenolic OH excluding ortho intramolecular Hbond substituents is 1. The maximum absolute atomic E-state index is 11.2. The fourth-order valence-corrected chi connectivity index (χ4v) is 2.06. The molecule has 0 unspecified atom stereocenters. The minimum atomic E-state index is 0.0893. The minimum absolute atomic E-state index is 0.0893. The van der Waals surface area contributed by atoms with Gasteiger partial charge in [0.15, 0.2) is 0 Å². The number of aromatic nitrogens is 2. The van der Waals surface area contributed by atoms with Crippen molar-refractivity contribution >= 4 is 16.8 Å². The van der Waals surface area contributed by atoms with Crippen LogP contribution in [0, 0.1) is 0 Å². The molecule has 1 N–H and O–H groups in total. The Kier molecular flexibility index (Phi) is 2.88. The first-order valence-corrected chi connectivity index (χ1v) is 5.68. The average Bonchev–Trinajstić information content (AvgIpc) is 2.53. The molecule has 0 radical (unpaired) electrons. The van der Waals surface area contributed by atoms with Gasteiger partial charge in [-0.25, -0.2) is 4.98 Å². The lowest BCUT2D eigenvalue weighted by atomic mass is 10.2. The van der Waals surface area contributed by atoms with Gasteiger partial charge in [-0.3, -0.25) is 4.79 Å². The number of Topliss-reactive ketones (excluding diaryl/α,β-unsaturated/α-hetero) is 1. The van der Waals surface area contributed by atoms with Gasteiger partial charge >= 0.3 is 0 Å². The van der Waals surface area contributed by atoms with E-state index in [1.165, 1.54) is 0 Å². The summed E-state index contributed by atoms with van der Waals surface area (Å²) in [4.78, 5) is 15.6. The van der Waals surface area contributed by atoms with Crippen molar-refractivity contribution in [2.75, 3.05) is 0 Å². The summed E-state index contributed by atoms with van der Waals surface area (Å²) in [6.45, 7) is 5.66. The Hall–Kier alpha value is -1.84. The molecule has 4 nitrogen and oxygen atoms in total. The number of ketones is 1. The zero-order chi connectivity index (χ0) is 12.6. The van der Waals surface area contributed by atoms with Gasteiger partial charge in [0.2, 0.25) is 0 Å². The highest BCUT2D eigenvalue weighted by molar-refractivity contribution is 5.81. The number of phenols is 1. The molecule has 0 bridgehead atoms. The van der Waals surface area contributed by atoms with Crippen LogP contribution < -0.4 is 0 Å². The first-order chi connectivity index (χ1) is 7.99. The molecule has 4 heteroatoms. The second-order valence-electron chi connectivity index (χ2n) is 4.54. The summed E-state index contributed by atoms with van der Waals surface area (Å²) in [6, 6.07) is 5.33. The lowest BCUT2D eigenvalue weighted by Crippen LogP contribution is -2.09. The summed E-state index contributed by atoms with van der Waals surface area (Å²) in [6.07, 6.45) is 0.327. The molecule has 0 saturated carbocycles. The van der Waals surface area contributed by atoms with Crippen molar-refractivity contribution < 1.29 is 9.90 Å². The first-order valence-electron chi connectivity index (χ1n) is 5.68. The van der Waals surface area contributed by atoms with Crippen LogP contribution in [-0.4, -0.2) is 20.4 Å². The van der Waals surface area contributed by atoms with E-state index in [0.29, 0.717) is 6.42 Å². The Balaban J connectivity index is 2.65. The van der Waals surface area contributed by atoms with Crippen LogP contribution in [0.15, 0.2) is 18.2 Å². The number of nitrogens with zero attached hydrogens (tertiary/aromatic N) is 2. The third kappa shape index (κ3) is 2.16. The topological polar surface area (TPSA) is 55.1 Å². The summed E-state index contributed by atoms with van der Waals surface area (Å²) < 4.78 is 2.04. The molecule has 90 valence electrons. The predicted molar refractivity (Wildman–Crippen MR) is 66.2 cm³/mol. The van der Waals surface area contributed by atoms with Gasteiger partial charge in [0, 0.05) is 12.1 Å². The van der Waals surface area contributed by atoms with Crippen LogP contribution in [0.2, 0.25) is 0 Å². The minimum Gasteiger partial charge on any atom is -0.508 e. The smallest absolute Gasteiger partial charge is 0.137 e. The number of imidazole rings is 1. The molecule has 0 aliphatic heterocycles. The predicted octanol–water partition coefficient (Wildman–Crippen LogP) is 2.45. The van der Waals surface area contributed by atoms with Crippen molar-refractivity contribution in [1.29, 1.82) is 0 Å². The average molecular weight is 232 g/mol. The zero-order valence-electron chi connectivity index (χ0n) is 10.3. The van der Waals surface area contributed by atoms with Gasteiger partial charge in [-0.2, -0.15) is 0 Å². The highest BCUT2D eigenvalue weighted by atomic mass is 16.3. The van der Waals surface area contributed by atoms with Crippen molar-refractivity contribution in [3.05, 3.63) is 24.0 Å². The molecule has 2 aromatic rings. The number of carbonyl (C=O) groups is 1. The Bertz CT molecular complexity index is 570. The molecular formula is C13H16N2O2. The van der Waals surface area contributed by atoms with Gasteiger partial charge < -0.3 is 9.67 Å². The van der Waals surface area contributed by atoms with Crippen LogP contribution in [0.25, 0.3) is 11.0 Å². The summed E-state index contributed by atoms with van der Waals surface area (Å²) in [7, 11) is 0. The van der Waals surface area contributed by atoms with Gasteiger partial charge in [-0.05, 0) is 32.9 Å². The van der Waals surface area contributed by atoms with E-state index < -0.39 is 0 Å². The highest BCUT2D eigenvalue weighted by Gasteiger charge is 2.14. The molecule has 0 fully saturated rings. The normalized spacial score (nSPS) is 11.3. The second kappa shape index (κ2) is 4.20. The number of hydrogen-bond acceptors (Lipinski definition) is 3. The summed E-state index contributed by atoms with van der Waals surface area (Å²) in [5, 5.41) is 9.43. The Morgan fingerprint density at radius 2 is 2.18 bits per heavy atom. The van der Waals surface area contributed by atoms with Crippen molar-refractivity contribution in [3.63, 3.8) is 0 Å². The number of fused-ring (bicyclic) bond motifs is 1. The van der Waals surface area contributed by atoms with Crippen LogP contribution in [0.4, 0.5) is 0 Å². The fourth-order valence-electron chi connectivity index (χ4n) is 2.06. The molecule has 0 aliphatic rings. The molecule has 1 aromatic carbocycles. The van der Waals surface area contributed by atoms with Crippen LogP contribution >= 0.6 is 0 Å². The summed E-state index contributed by atoms with van der Waals surface area (Å²) in [5.74, 6) is 1.04. The molecule has 2 rings (SSSR count). The Morgan fingerprint density at radius 3 is 2.76 bits per heavy atom. The van der Waals surface area contributed by atoms with E-state index in [2.05, 4.69) is 18.8 Å². The van der Waals surface area contributed by atoms with Gasteiger partial charge in [0.05, 0.1) is 17.5 Å². The molecule has 0 atom stereocenters. The maximum atomic E-state index is 11.2. The third-order valence-electron chi connectivity index (χ3n) is 2.67. The number of benzene rings is 1. The molecule has 1 heterocycles. The first kappa shape index (κ1) is 11.6. The van der Waals surface area contributed by atoms with Gasteiger partial charge in [0.25, 0.3) is 0 Å². The lowest BCUT2D eigenvalue weighted by molar-refractivity contribution is -0.116. The number of rotatable bonds is 3. The van der Waals surface area contributed by atoms with Crippen LogP contribution in [0.3, 0.4) is 0 Å². The quantitative estimate of drug-likeness (QED) is 0.884. The van der Waals surface area contributed by atoms with Gasteiger partial charge in [-0.1, -0.05) is 0 Å². The molecule has 17 heavy (non-hydrogen) atoms. The van der Waals surface area contributed by atoms with E-state index in [0.717, 1.165) is 16.9 Å². The number of aromatic hydroxyl groups is 1. The summed E-state index contributed by atoms with van der Waals surface area (Å²) >= 11 is 0. The largest absolute Gasteiger partial charge is 0.508 e. The van der Waals surface area contributed by atoms with Gasteiger partial charge in [-0.15, -0.1) is 0 Å². The third-order valence-corrected chi connectivity index (χ3v) is 2.67. The number of carbonyl (C=O) groups excluding carboxylic acids is 1. The molecule has 0 spiro atoms. The van der Waals surface area contributed by atoms with Crippen molar-refractivity contribution in [2.45, 2.75) is 33.2 Å². The lowest BCUT2D eigenvalue weighted by Gasteiger charge is -2.12. The van der Waals surface area contributed by atoms with Gasteiger partial charge in [0.1, 0.15) is 17.4 Å². The molecule has 0 aliphatic carbocycles. The van der Waals surface area contributed by atoms with Crippen LogP contribution in [0.5, 0.6) is 5.75 Å². The Labute approximate surface area is 99.9 Å². The maximum Gasteiger partial charge on any atom is 0.137 e. The molecule has 1 aromatic heterocycles. The van der Waals surface area contributed by atoms with E-state index in [9.17, 15) is 9.90 Å². The fraction of sp³-hybridized carbons (Fsp3) is 0.385. The van der Waals surface area contributed by atoms with Crippen molar-refractivity contribution in [1.82, 2.24) is 9.55 Å². The van der Waals surface area contributed by atoms with E-state index in [1.54, 1.807) is 19.1 Å². The van der Waals surface area contributed by atoms with E-state index >= 15 is 0 Å². The summed E-state index contributed by atoms with van der Waals surface area (Å²) in [5.41, 5.74) is 1.68. The monoisotopic (exact) mass is 232 g/mol. The van der Waals surface area contributed by atoms with Crippen LogP contribution in [-0.2, 0) is 11.2 Å². The molecule has 0 amide bonds. The SMILES string of the molecule is CC(=O)Cc1nc2cc(O)ccc2n1C(C)C. The standard InChI is InChI=1S/C13H16N2O2/c1-8(2)15-12-5-4-10(17)7-11(12)14-13(15)6-9(3)16/h4-5,7-8,17H,6H2,1-3H3. The Morgan fingerprint density at radius 1 is 1.47 bits per heavy atom. The van der Waals surface area contributed by atoms with Crippen molar-refractivity contribution in [2.24, 2.45) is 0 Å². The molecular weight excluding hydrogens is 216 g/mol. The highest BCUT2D eigenvalue weighted by Crippen LogP contribution is 2.24. The number of hydrogen-bond donors (Lipinski definition) is 1. The van der Waals surface area contributed by atoms with Crippen LogP contribution in [0.1, 0.15) is 32.6 Å². The zero-order valence-corrected chi connectivity index (χ0v) is 10.3. The molecule has 0 saturated heterocycles. The second-order valence-corrected chi connectivity index (χ2v) is 4.54. The van der Waals surface area contributed by atoms with Crippen molar-refractivity contribution in [3.8, 4) is 5.75 Å². The van der Waals surface area contributed by atoms with E-state index in [1.807, 2.05) is 10.6 Å². The van der Waals surface area contributed by atoms with E-state index in [4.69, 9.17) is 0 Å². The van der Waals surface area contributed by atoms with E-state index in [-0.39, 0.29) is 17.6 Å².